The lowest BCUT2D eigenvalue weighted by molar-refractivity contribution is 0.308. The number of nitrogens with zero attached hydrogens (tertiary/aromatic N) is 3. The molecule has 3 rings (SSSR count). The third-order valence-electron chi connectivity index (χ3n) is 3.83. The minimum absolute atomic E-state index is 0.650. The Hall–Kier alpha value is -1.55. The zero-order chi connectivity index (χ0) is 12.5. The van der Waals surface area contributed by atoms with Crippen LogP contribution in [0.1, 0.15) is 18.5 Å². The van der Waals surface area contributed by atoms with Crippen LogP contribution < -0.4 is 4.74 Å². The van der Waals surface area contributed by atoms with Crippen LogP contribution in [0.3, 0.4) is 0 Å². The molecular formula is C14H19N3O. The molecule has 4 nitrogen and oxygen atoms in total. The van der Waals surface area contributed by atoms with Gasteiger partial charge >= 0.3 is 0 Å². The van der Waals surface area contributed by atoms with Crippen molar-refractivity contribution in [3.8, 4) is 5.75 Å². The third kappa shape index (κ3) is 2.08. The van der Waals surface area contributed by atoms with Crippen LogP contribution in [0.2, 0.25) is 0 Å². The van der Waals surface area contributed by atoms with Gasteiger partial charge in [-0.25, -0.2) is 4.98 Å². The van der Waals surface area contributed by atoms with Gasteiger partial charge in [0.15, 0.2) is 0 Å². The Morgan fingerprint density at radius 1 is 1.39 bits per heavy atom. The van der Waals surface area contributed by atoms with Crippen molar-refractivity contribution in [2.45, 2.75) is 25.3 Å². The first-order valence-electron chi connectivity index (χ1n) is 6.48. The molecule has 96 valence electrons. The summed E-state index contributed by atoms with van der Waals surface area (Å²) in [6, 6.07) is 4.60. The molecule has 1 fully saturated rings. The molecule has 0 bridgehead atoms. The predicted octanol–water partition coefficient (Wildman–Crippen LogP) is 1.98. The Balaban J connectivity index is 1.84. The maximum absolute atomic E-state index is 5.23. The van der Waals surface area contributed by atoms with Crippen LogP contribution in [0.4, 0.5) is 0 Å². The Labute approximate surface area is 107 Å². The molecular weight excluding hydrogens is 226 g/mol. The quantitative estimate of drug-likeness (QED) is 0.828. The summed E-state index contributed by atoms with van der Waals surface area (Å²) in [6.45, 7) is 1.21. The van der Waals surface area contributed by atoms with Gasteiger partial charge in [0.05, 0.1) is 19.0 Å². The lowest BCUT2D eigenvalue weighted by Crippen LogP contribution is -2.26. The fourth-order valence-corrected chi connectivity index (χ4v) is 2.72. The van der Waals surface area contributed by atoms with Gasteiger partial charge in [-0.15, -0.1) is 0 Å². The molecule has 4 heteroatoms. The summed E-state index contributed by atoms with van der Waals surface area (Å²) < 4.78 is 7.27. The number of fused-ring (bicyclic) bond motifs is 1. The smallest absolute Gasteiger partial charge is 0.137 e. The summed E-state index contributed by atoms with van der Waals surface area (Å²) in [7, 11) is 3.89. The molecule has 3 heterocycles. The van der Waals surface area contributed by atoms with Crippen LogP contribution >= 0.6 is 0 Å². The number of ether oxygens (including phenoxy) is 1. The lowest BCUT2D eigenvalue weighted by Gasteiger charge is -2.17. The molecule has 1 aliphatic heterocycles. The van der Waals surface area contributed by atoms with Crippen molar-refractivity contribution in [2.75, 3.05) is 20.7 Å². The number of likely N-dealkylation sites (N-methyl/N-ethyl adjacent to an activating group) is 1. The number of rotatable bonds is 3. The fourth-order valence-electron chi connectivity index (χ4n) is 2.72. The highest BCUT2D eigenvalue weighted by Crippen LogP contribution is 2.20. The van der Waals surface area contributed by atoms with E-state index < -0.39 is 0 Å². The molecule has 0 saturated carbocycles. The number of likely N-dealkylation sites (tertiary alicyclic amines) is 1. The van der Waals surface area contributed by atoms with Gasteiger partial charge in [0, 0.05) is 18.7 Å². The molecule has 1 unspecified atom stereocenters. The van der Waals surface area contributed by atoms with Gasteiger partial charge in [-0.2, -0.15) is 0 Å². The first-order valence-corrected chi connectivity index (χ1v) is 6.48. The van der Waals surface area contributed by atoms with E-state index in [2.05, 4.69) is 23.1 Å². The standard InChI is InChI=1S/C14H19N3O/c1-16-7-3-4-12(16)8-11-9-17-10-13(18-2)5-6-14(17)15-11/h5-6,9-10,12H,3-4,7-8H2,1-2H3. The number of methoxy groups -OCH3 is 1. The average molecular weight is 245 g/mol. The van der Waals surface area contributed by atoms with E-state index in [0.29, 0.717) is 6.04 Å². The van der Waals surface area contributed by atoms with E-state index >= 15 is 0 Å². The minimum atomic E-state index is 0.650. The highest BCUT2D eigenvalue weighted by molar-refractivity contribution is 5.43. The normalized spacial score (nSPS) is 20.7. The van der Waals surface area contributed by atoms with Crippen molar-refractivity contribution in [1.82, 2.24) is 14.3 Å². The van der Waals surface area contributed by atoms with E-state index in [1.165, 1.54) is 25.1 Å². The summed E-state index contributed by atoms with van der Waals surface area (Å²) in [6.07, 6.45) is 7.73. The van der Waals surface area contributed by atoms with Crippen LogP contribution in [0.25, 0.3) is 5.65 Å². The van der Waals surface area contributed by atoms with E-state index in [9.17, 15) is 0 Å². The largest absolute Gasteiger partial charge is 0.495 e. The summed E-state index contributed by atoms with van der Waals surface area (Å²) in [4.78, 5) is 7.10. The van der Waals surface area contributed by atoms with Crippen LogP contribution in [0.15, 0.2) is 24.5 Å². The van der Waals surface area contributed by atoms with Crippen molar-refractivity contribution >= 4 is 5.65 Å². The zero-order valence-electron chi connectivity index (χ0n) is 11.0. The number of imidazole rings is 1. The van der Waals surface area contributed by atoms with E-state index in [1.807, 2.05) is 22.7 Å². The van der Waals surface area contributed by atoms with Crippen molar-refractivity contribution in [2.24, 2.45) is 0 Å². The second kappa shape index (κ2) is 4.61. The average Bonchev–Trinajstić information content (AvgIpc) is 2.95. The number of pyridine rings is 1. The Kier molecular flexibility index (Phi) is 2.96. The second-order valence-electron chi connectivity index (χ2n) is 5.05. The predicted molar refractivity (Wildman–Crippen MR) is 71.1 cm³/mol. The molecule has 1 aliphatic rings. The van der Waals surface area contributed by atoms with Crippen LogP contribution in [0, 0.1) is 0 Å². The first-order chi connectivity index (χ1) is 8.76. The topological polar surface area (TPSA) is 29.8 Å². The molecule has 2 aromatic rings. The molecule has 1 atom stereocenters. The Morgan fingerprint density at radius 2 is 2.28 bits per heavy atom. The molecule has 18 heavy (non-hydrogen) atoms. The van der Waals surface area contributed by atoms with Crippen molar-refractivity contribution in [1.29, 1.82) is 0 Å². The number of aromatic nitrogens is 2. The molecule has 0 N–H and O–H groups in total. The van der Waals surface area contributed by atoms with Crippen molar-refractivity contribution in [3.05, 3.63) is 30.2 Å². The molecule has 0 amide bonds. The third-order valence-corrected chi connectivity index (χ3v) is 3.83. The molecule has 1 saturated heterocycles. The summed E-state index contributed by atoms with van der Waals surface area (Å²) in [5.41, 5.74) is 2.16. The van der Waals surface area contributed by atoms with Gasteiger partial charge < -0.3 is 14.0 Å². The van der Waals surface area contributed by atoms with E-state index in [0.717, 1.165) is 17.8 Å². The summed E-state index contributed by atoms with van der Waals surface area (Å²) >= 11 is 0. The van der Waals surface area contributed by atoms with Crippen molar-refractivity contribution < 1.29 is 4.74 Å². The summed E-state index contributed by atoms with van der Waals surface area (Å²) in [5, 5.41) is 0. The van der Waals surface area contributed by atoms with Gasteiger partial charge in [0.2, 0.25) is 0 Å². The van der Waals surface area contributed by atoms with Crippen LogP contribution in [0.5, 0.6) is 5.75 Å². The van der Waals surface area contributed by atoms with Crippen LogP contribution in [-0.2, 0) is 6.42 Å². The first kappa shape index (κ1) is 11.5. The van der Waals surface area contributed by atoms with Crippen molar-refractivity contribution in [3.63, 3.8) is 0 Å². The Bertz CT molecular complexity index is 549. The molecule has 0 aromatic carbocycles. The van der Waals surface area contributed by atoms with Gasteiger partial charge in [-0.3, -0.25) is 0 Å². The van der Waals surface area contributed by atoms with E-state index in [-0.39, 0.29) is 0 Å². The molecule has 0 aliphatic carbocycles. The molecule has 2 aromatic heterocycles. The highest BCUT2D eigenvalue weighted by Gasteiger charge is 2.21. The molecule has 0 spiro atoms. The monoisotopic (exact) mass is 245 g/mol. The minimum Gasteiger partial charge on any atom is -0.495 e. The summed E-state index contributed by atoms with van der Waals surface area (Å²) in [5.74, 6) is 0.865. The maximum Gasteiger partial charge on any atom is 0.137 e. The number of hydrogen-bond acceptors (Lipinski definition) is 3. The molecule has 0 radical (unpaired) electrons. The van der Waals surface area contributed by atoms with Gasteiger partial charge in [-0.1, -0.05) is 0 Å². The van der Waals surface area contributed by atoms with E-state index in [1.54, 1.807) is 7.11 Å². The fraction of sp³-hybridized carbons (Fsp3) is 0.500. The van der Waals surface area contributed by atoms with Gasteiger partial charge in [0.1, 0.15) is 11.4 Å². The van der Waals surface area contributed by atoms with Crippen LogP contribution in [-0.4, -0.2) is 41.0 Å². The lowest BCUT2D eigenvalue weighted by atomic mass is 10.1. The SMILES string of the molecule is COc1ccc2nc(CC3CCCN3C)cn2c1. The van der Waals surface area contributed by atoms with Gasteiger partial charge in [-0.05, 0) is 38.6 Å². The second-order valence-corrected chi connectivity index (χ2v) is 5.05. The Morgan fingerprint density at radius 3 is 3.00 bits per heavy atom. The zero-order valence-corrected chi connectivity index (χ0v) is 11.0. The van der Waals surface area contributed by atoms with Gasteiger partial charge in [0.25, 0.3) is 0 Å². The number of hydrogen-bond donors (Lipinski definition) is 0. The highest BCUT2D eigenvalue weighted by atomic mass is 16.5. The maximum atomic E-state index is 5.23. The van der Waals surface area contributed by atoms with E-state index in [4.69, 9.17) is 4.74 Å².